The van der Waals surface area contributed by atoms with Crippen LogP contribution in [0, 0.1) is 5.41 Å². The Hall–Kier alpha value is -0.0800. The van der Waals surface area contributed by atoms with Gasteiger partial charge in [0, 0.05) is 12.1 Å². The zero-order valence-corrected chi connectivity index (χ0v) is 12.6. The third-order valence-corrected chi connectivity index (χ3v) is 3.63. The van der Waals surface area contributed by atoms with E-state index in [0.717, 1.165) is 6.54 Å². The molecule has 0 aromatic rings. The number of rotatable bonds is 4. The standard InChI is InChI=1S/C15H31NO/c1-12(11-16-14(2,3)4)17-13-7-9-15(5,6)10-8-13/h12-13,16H,7-11H2,1-6H3. The average Bonchev–Trinajstić information content (AvgIpc) is 2.17. The molecule has 1 N–H and O–H groups in total. The first kappa shape index (κ1) is 15.0. The summed E-state index contributed by atoms with van der Waals surface area (Å²) in [5.41, 5.74) is 0.721. The van der Waals surface area contributed by atoms with E-state index in [9.17, 15) is 0 Å². The van der Waals surface area contributed by atoms with Gasteiger partial charge in [0.05, 0.1) is 12.2 Å². The first-order valence-corrected chi connectivity index (χ1v) is 7.08. The molecule has 0 bridgehead atoms. The summed E-state index contributed by atoms with van der Waals surface area (Å²) in [5.74, 6) is 0. The fourth-order valence-corrected chi connectivity index (χ4v) is 2.34. The molecule has 0 saturated heterocycles. The topological polar surface area (TPSA) is 21.3 Å². The molecule has 2 nitrogen and oxygen atoms in total. The normalized spacial score (nSPS) is 23.6. The predicted molar refractivity (Wildman–Crippen MR) is 74.3 cm³/mol. The summed E-state index contributed by atoms with van der Waals surface area (Å²) in [5, 5.41) is 3.50. The molecular formula is C15H31NO. The summed E-state index contributed by atoms with van der Waals surface area (Å²) in [6.07, 6.45) is 5.87. The van der Waals surface area contributed by atoms with Gasteiger partial charge >= 0.3 is 0 Å². The summed E-state index contributed by atoms with van der Waals surface area (Å²) in [6.45, 7) is 14.5. The van der Waals surface area contributed by atoms with Crippen LogP contribution in [0.2, 0.25) is 0 Å². The van der Waals surface area contributed by atoms with Crippen molar-refractivity contribution in [3.8, 4) is 0 Å². The molecule has 0 spiro atoms. The summed E-state index contributed by atoms with van der Waals surface area (Å²) < 4.78 is 6.12. The van der Waals surface area contributed by atoms with E-state index in [1.54, 1.807) is 0 Å². The third-order valence-electron chi connectivity index (χ3n) is 3.63. The first-order valence-electron chi connectivity index (χ1n) is 7.08. The van der Waals surface area contributed by atoms with Crippen LogP contribution in [0.3, 0.4) is 0 Å². The predicted octanol–water partition coefficient (Wildman–Crippen LogP) is 3.75. The molecule has 1 unspecified atom stereocenters. The number of hydrogen-bond donors (Lipinski definition) is 1. The molecule has 1 atom stereocenters. The Morgan fingerprint density at radius 1 is 1.24 bits per heavy atom. The van der Waals surface area contributed by atoms with Crippen LogP contribution in [0.1, 0.15) is 67.2 Å². The van der Waals surface area contributed by atoms with Gasteiger partial charge in [0.1, 0.15) is 0 Å². The van der Waals surface area contributed by atoms with Crippen LogP contribution < -0.4 is 5.32 Å². The highest BCUT2D eigenvalue weighted by molar-refractivity contribution is 4.80. The quantitative estimate of drug-likeness (QED) is 0.809. The molecule has 0 aliphatic heterocycles. The Bertz CT molecular complexity index is 220. The Balaban J connectivity index is 2.21. The lowest BCUT2D eigenvalue weighted by atomic mass is 9.76. The van der Waals surface area contributed by atoms with Crippen molar-refractivity contribution in [2.45, 2.75) is 85.0 Å². The molecule has 0 radical (unpaired) electrons. The molecule has 0 aromatic carbocycles. The van der Waals surface area contributed by atoms with Gasteiger partial charge in [-0.15, -0.1) is 0 Å². The molecule has 17 heavy (non-hydrogen) atoms. The van der Waals surface area contributed by atoms with E-state index in [4.69, 9.17) is 4.74 Å². The second-order valence-corrected chi connectivity index (χ2v) is 7.44. The Labute approximate surface area is 108 Å². The van der Waals surface area contributed by atoms with Crippen molar-refractivity contribution in [3.05, 3.63) is 0 Å². The average molecular weight is 241 g/mol. The Kier molecular flexibility index (Phi) is 5.03. The van der Waals surface area contributed by atoms with Gasteiger partial charge in [0.2, 0.25) is 0 Å². The van der Waals surface area contributed by atoms with Crippen LogP contribution in [0.25, 0.3) is 0 Å². The van der Waals surface area contributed by atoms with Gasteiger partial charge in [-0.25, -0.2) is 0 Å². The van der Waals surface area contributed by atoms with Crippen molar-refractivity contribution < 1.29 is 4.74 Å². The van der Waals surface area contributed by atoms with E-state index in [-0.39, 0.29) is 5.54 Å². The monoisotopic (exact) mass is 241 g/mol. The van der Waals surface area contributed by atoms with E-state index in [2.05, 4.69) is 46.9 Å². The molecule has 1 aliphatic carbocycles. The van der Waals surface area contributed by atoms with Crippen LogP contribution >= 0.6 is 0 Å². The van der Waals surface area contributed by atoms with Crippen LogP contribution in [-0.4, -0.2) is 24.3 Å². The molecule has 0 aromatic heterocycles. The fraction of sp³-hybridized carbons (Fsp3) is 1.00. The first-order chi connectivity index (χ1) is 7.68. The number of nitrogens with one attached hydrogen (secondary N) is 1. The number of hydrogen-bond acceptors (Lipinski definition) is 2. The van der Waals surface area contributed by atoms with E-state index < -0.39 is 0 Å². The highest BCUT2D eigenvalue weighted by Crippen LogP contribution is 2.36. The van der Waals surface area contributed by atoms with Crippen molar-refractivity contribution in [3.63, 3.8) is 0 Å². The second kappa shape index (κ2) is 5.71. The zero-order chi connectivity index (χ0) is 13.1. The lowest BCUT2D eigenvalue weighted by Gasteiger charge is -2.35. The van der Waals surface area contributed by atoms with Crippen LogP contribution in [0.4, 0.5) is 0 Å². The van der Waals surface area contributed by atoms with E-state index in [0.29, 0.717) is 17.6 Å². The van der Waals surface area contributed by atoms with Crippen molar-refractivity contribution >= 4 is 0 Å². The van der Waals surface area contributed by atoms with Gasteiger partial charge in [0.25, 0.3) is 0 Å². The second-order valence-electron chi connectivity index (χ2n) is 7.44. The molecule has 1 fully saturated rings. The molecule has 1 saturated carbocycles. The van der Waals surface area contributed by atoms with Gasteiger partial charge in [-0.3, -0.25) is 0 Å². The summed E-state index contributed by atoms with van der Waals surface area (Å²) in [6, 6.07) is 0. The third kappa shape index (κ3) is 6.42. The smallest absolute Gasteiger partial charge is 0.0675 e. The molecule has 2 heteroatoms. The minimum atomic E-state index is 0.187. The highest BCUT2D eigenvalue weighted by atomic mass is 16.5. The Morgan fingerprint density at radius 2 is 1.76 bits per heavy atom. The number of ether oxygens (including phenoxy) is 1. The maximum absolute atomic E-state index is 6.12. The van der Waals surface area contributed by atoms with E-state index in [1.165, 1.54) is 25.7 Å². The maximum Gasteiger partial charge on any atom is 0.0675 e. The molecular weight excluding hydrogens is 210 g/mol. The van der Waals surface area contributed by atoms with Gasteiger partial charge < -0.3 is 10.1 Å². The van der Waals surface area contributed by atoms with Crippen LogP contribution in [0.5, 0.6) is 0 Å². The van der Waals surface area contributed by atoms with Gasteiger partial charge in [-0.2, -0.15) is 0 Å². The molecule has 1 rings (SSSR count). The Morgan fingerprint density at radius 3 is 2.24 bits per heavy atom. The van der Waals surface area contributed by atoms with Crippen molar-refractivity contribution in [2.75, 3.05) is 6.54 Å². The summed E-state index contributed by atoms with van der Waals surface area (Å²) in [4.78, 5) is 0. The molecule has 0 heterocycles. The fourth-order valence-electron chi connectivity index (χ4n) is 2.34. The van der Waals surface area contributed by atoms with Crippen molar-refractivity contribution in [2.24, 2.45) is 5.41 Å². The van der Waals surface area contributed by atoms with Crippen LogP contribution in [0.15, 0.2) is 0 Å². The van der Waals surface area contributed by atoms with E-state index in [1.807, 2.05) is 0 Å². The van der Waals surface area contributed by atoms with Gasteiger partial charge in [0.15, 0.2) is 0 Å². The van der Waals surface area contributed by atoms with Crippen molar-refractivity contribution in [1.82, 2.24) is 5.32 Å². The minimum Gasteiger partial charge on any atom is -0.374 e. The largest absolute Gasteiger partial charge is 0.374 e. The highest BCUT2D eigenvalue weighted by Gasteiger charge is 2.28. The lowest BCUT2D eigenvalue weighted by Crippen LogP contribution is -2.42. The lowest BCUT2D eigenvalue weighted by molar-refractivity contribution is -0.0382. The molecule has 0 amide bonds. The molecule has 1 aliphatic rings. The zero-order valence-electron chi connectivity index (χ0n) is 12.6. The maximum atomic E-state index is 6.12. The molecule has 102 valence electrons. The van der Waals surface area contributed by atoms with Crippen LogP contribution in [-0.2, 0) is 4.74 Å². The van der Waals surface area contributed by atoms with E-state index >= 15 is 0 Å². The summed E-state index contributed by atoms with van der Waals surface area (Å²) >= 11 is 0. The SMILES string of the molecule is CC(CNC(C)(C)C)OC1CCC(C)(C)CC1. The van der Waals surface area contributed by atoms with Gasteiger partial charge in [-0.05, 0) is 58.8 Å². The summed E-state index contributed by atoms with van der Waals surface area (Å²) in [7, 11) is 0. The van der Waals surface area contributed by atoms with Crippen molar-refractivity contribution in [1.29, 1.82) is 0 Å². The minimum absolute atomic E-state index is 0.187. The van der Waals surface area contributed by atoms with Gasteiger partial charge in [-0.1, -0.05) is 13.8 Å².